The van der Waals surface area contributed by atoms with E-state index < -0.39 is 57.9 Å². The average Bonchev–Trinajstić information content (AvgIpc) is 3.43. The second kappa shape index (κ2) is 27.5. The average molecular weight is 1140 g/mol. The molecular weight excluding hydrogens is 1050 g/mol. The monoisotopic (exact) mass is 1130 g/mol. The van der Waals surface area contributed by atoms with E-state index in [-0.39, 0.29) is 24.1 Å². The van der Waals surface area contributed by atoms with Crippen LogP contribution in [0.25, 0.3) is 0 Å². The van der Waals surface area contributed by atoms with Crippen molar-refractivity contribution in [2.45, 2.75) is 128 Å². The van der Waals surface area contributed by atoms with Crippen molar-refractivity contribution in [3.63, 3.8) is 0 Å². The van der Waals surface area contributed by atoms with E-state index in [2.05, 4.69) is 39.8 Å². The third kappa shape index (κ3) is 18.4. The summed E-state index contributed by atoms with van der Waals surface area (Å²) in [4.78, 5) is 24.3. The van der Waals surface area contributed by atoms with Gasteiger partial charge in [0.05, 0.1) is 23.5 Å². The van der Waals surface area contributed by atoms with Crippen LogP contribution < -0.4 is 9.47 Å². The van der Waals surface area contributed by atoms with Crippen molar-refractivity contribution >= 4 is 27.1 Å². The van der Waals surface area contributed by atoms with Crippen LogP contribution in [0.15, 0.2) is 115 Å². The number of hydrogen-bond donors (Lipinski definition) is 2. The maximum atomic E-state index is 13.5. The Kier molecular flexibility index (Phi) is 21.6. The molecule has 6 aromatic rings. The van der Waals surface area contributed by atoms with Crippen LogP contribution in [-0.2, 0) is 65.6 Å². The number of phenols is 2. The van der Waals surface area contributed by atoms with Gasteiger partial charge in [-0.3, -0.25) is 32.3 Å². The molecule has 0 amide bonds. The number of phenolic OH excluding ortho intramolecular Hbond substituents is 2. The lowest BCUT2D eigenvalue weighted by Crippen LogP contribution is -2.25. The molecule has 430 valence electrons. The standard InChI is InChI=1S/C35H45O9P.C29H35O5P/c1-24-16-29(17-25(2)30(24)20-27-14-15-31(36)28(19-27)18-26-12-10-9-11-13-26)42-23-45(39,43-21-40-32(37)34(3,4)5)44-22-41-33(38)35(6,7)8;1-19(2)26-16-23(9-10-28(26)30)17-27-21(4)14-25(15-22(27)5)32-18-35(31)33-12-11-29(34-35)24-8-6-7-20(3)13-24/h9-17,19,36H,18,20-23H2,1-8H3;6-10,13-16,19,29-30H,11-12,17-18H2,1-5H3/t;29-,35?/m.0/s1. The molecule has 2 N–H and O–H groups in total. The Morgan fingerprint density at radius 2 is 1.16 bits per heavy atom. The van der Waals surface area contributed by atoms with Crippen LogP contribution >= 0.6 is 15.2 Å². The van der Waals surface area contributed by atoms with Gasteiger partial charge in [0.1, 0.15) is 23.0 Å². The van der Waals surface area contributed by atoms with Gasteiger partial charge in [-0.1, -0.05) is 98.3 Å². The number of rotatable bonds is 20. The topological polar surface area (TPSA) is 183 Å². The first-order chi connectivity index (χ1) is 37.6. The molecule has 1 heterocycles. The fraction of sp³-hybridized carbons (Fsp3) is 0.406. The van der Waals surface area contributed by atoms with Crippen molar-refractivity contribution in [3.05, 3.63) is 188 Å². The maximum Gasteiger partial charge on any atom is 0.373 e. The zero-order chi connectivity index (χ0) is 58.6. The van der Waals surface area contributed by atoms with Gasteiger partial charge in [0, 0.05) is 12.8 Å². The molecule has 80 heavy (non-hydrogen) atoms. The normalized spacial score (nSPS) is 15.7. The zero-order valence-corrected chi connectivity index (χ0v) is 50.5. The van der Waals surface area contributed by atoms with Crippen LogP contribution in [-0.4, -0.2) is 55.0 Å². The van der Waals surface area contributed by atoms with Crippen molar-refractivity contribution in [2.75, 3.05) is 32.9 Å². The molecule has 0 bridgehead atoms. The van der Waals surface area contributed by atoms with Crippen LogP contribution in [0.5, 0.6) is 23.0 Å². The lowest BCUT2D eigenvalue weighted by molar-refractivity contribution is -0.162. The molecule has 0 aromatic heterocycles. The van der Waals surface area contributed by atoms with Crippen LogP contribution in [0.3, 0.4) is 0 Å². The molecule has 1 saturated heterocycles. The SMILES string of the molecule is Cc1cc(OCP(=O)(OCOC(=O)C(C)(C)C)OCOC(=O)C(C)(C)C)cc(C)c1Cc1ccc(O)c(Cc2ccccc2)c1.Cc1cccc([C@@H]2CCOP(=O)(COc3cc(C)c(Cc4ccc(O)c(C(C)C)c4)c(C)c3)O2)c1. The number of benzene rings is 6. The summed E-state index contributed by atoms with van der Waals surface area (Å²) in [5, 5.41) is 20.6. The molecule has 1 unspecified atom stereocenters. The van der Waals surface area contributed by atoms with Crippen molar-refractivity contribution in [1.82, 2.24) is 0 Å². The second-order valence-corrected chi connectivity index (χ2v) is 26.8. The minimum absolute atomic E-state index is 0.122. The van der Waals surface area contributed by atoms with E-state index in [1.807, 2.05) is 112 Å². The molecule has 0 saturated carbocycles. The van der Waals surface area contributed by atoms with Gasteiger partial charge in [-0.25, -0.2) is 0 Å². The lowest BCUT2D eigenvalue weighted by Gasteiger charge is -2.30. The molecule has 0 radical (unpaired) electrons. The zero-order valence-electron chi connectivity index (χ0n) is 48.7. The predicted molar refractivity (Wildman–Crippen MR) is 312 cm³/mol. The van der Waals surface area contributed by atoms with Crippen molar-refractivity contribution in [2.24, 2.45) is 10.8 Å². The van der Waals surface area contributed by atoms with E-state index in [9.17, 15) is 28.9 Å². The van der Waals surface area contributed by atoms with E-state index >= 15 is 0 Å². The predicted octanol–water partition coefficient (Wildman–Crippen LogP) is 15.6. The smallest absolute Gasteiger partial charge is 0.373 e. The van der Waals surface area contributed by atoms with Crippen molar-refractivity contribution in [3.8, 4) is 23.0 Å². The molecule has 14 nitrogen and oxygen atoms in total. The highest BCUT2D eigenvalue weighted by Crippen LogP contribution is 2.56. The summed E-state index contributed by atoms with van der Waals surface area (Å²) in [7, 11) is -7.42. The summed E-state index contributed by atoms with van der Waals surface area (Å²) >= 11 is 0. The van der Waals surface area contributed by atoms with Gasteiger partial charge in [-0.15, -0.1) is 0 Å². The first-order valence-electron chi connectivity index (χ1n) is 26.9. The van der Waals surface area contributed by atoms with Crippen LogP contribution in [0, 0.1) is 45.4 Å². The molecule has 1 aliphatic heterocycles. The van der Waals surface area contributed by atoms with E-state index in [0.29, 0.717) is 43.1 Å². The van der Waals surface area contributed by atoms with Crippen LogP contribution in [0.4, 0.5) is 0 Å². The second-order valence-electron chi connectivity index (χ2n) is 22.9. The number of aryl methyl sites for hydroxylation is 5. The summed E-state index contributed by atoms with van der Waals surface area (Å²) in [6.45, 7) is 23.4. The summed E-state index contributed by atoms with van der Waals surface area (Å²) in [5.41, 5.74) is 12.1. The third-order valence-corrected chi connectivity index (χ3v) is 16.5. The van der Waals surface area contributed by atoms with Crippen LogP contribution in [0.1, 0.15) is 146 Å². The molecule has 7 rings (SSSR count). The summed E-state index contributed by atoms with van der Waals surface area (Å²) in [6, 6.07) is 37.2. The molecular formula is C64H80O14P2. The number of aromatic hydroxyl groups is 2. The van der Waals surface area contributed by atoms with E-state index in [1.54, 1.807) is 53.7 Å². The van der Waals surface area contributed by atoms with Crippen LogP contribution in [0.2, 0.25) is 0 Å². The number of esters is 2. The van der Waals surface area contributed by atoms with Gasteiger partial charge in [-0.2, -0.15) is 0 Å². The number of carbonyl (C=O) groups excluding carboxylic acids is 2. The summed E-state index contributed by atoms with van der Waals surface area (Å²) < 4.78 is 71.1. The largest absolute Gasteiger partial charge is 0.508 e. The lowest BCUT2D eigenvalue weighted by atomic mass is 9.93. The Morgan fingerprint density at radius 1 is 0.637 bits per heavy atom. The highest BCUT2D eigenvalue weighted by Gasteiger charge is 2.36. The van der Waals surface area contributed by atoms with E-state index in [0.717, 1.165) is 73.2 Å². The molecule has 16 heteroatoms. The molecule has 1 fully saturated rings. The Balaban J connectivity index is 0.000000266. The Morgan fingerprint density at radius 3 is 1.69 bits per heavy atom. The number of ether oxygens (including phenoxy) is 4. The third-order valence-electron chi connectivity index (χ3n) is 13.4. The van der Waals surface area contributed by atoms with Gasteiger partial charge in [0.2, 0.25) is 13.6 Å². The number of carbonyl (C=O) groups is 2. The van der Waals surface area contributed by atoms with Gasteiger partial charge < -0.3 is 33.7 Å². The molecule has 6 aromatic carbocycles. The van der Waals surface area contributed by atoms with Gasteiger partial charge >= 0.3 is 27.1 Å². The fourth-order valence-electron chi connectivity index (χ4n) is 8.84. The van der Waals surface area contributed by atoms with Crippen molar-refractivity contribution < 1.29 is 66.0 Å². The van der Waals surface area contributed by atoms with E-state index in [4.69, 9.17) is 37.0 Å². The minimum atomic E-state index is -4.04. The first kappa shape index (κ1) is 62.9. The van der Waals surface area contributed by atoms with Gasteiger partial charge in [0.15, 0.2) is 12.7 Å². The van der Waals surface area contributed by atoms with Gasteiger partial charge in [-0.05, 0) is 198 Å². The Labute approximate surface area is 473 Å². The maximum absolute atomic E-state index is 13.5. The summed E-state index contributed by atoms with van der Waals surface area (Å²) in [5.74, 6) is 0.856. The molecule has 0 aliphatic carbocycles. The summed E-state index contributed by atoms with van der Waals surface area (Å²) in [6.07, 6.45) is 1.81. The molecule has 1 aliphatic rings. The molecule has 2 atom stereocenters. The van der Waals surface area contributed by atoms with Gasteiger partial charge in [0.25, 0.3) is 0 Å². The first-order valence-corrected chi connectivity index (χ1v) is 30.4. The Bertz CT molecular complexity index is 3110. The quantitative estimate of drug-likeness (QED) is 0.0418. The number of hydrogen-bond acceptors (Lipinski definition) is 14. The molecule has 0 spiro atoms. The van der Waals surface area contributed by atoms with E-state index in [1.165, 1.54) is 5.56 Å². The highest BCUT2D eigenvalue weighted by atomic mass is 31.2. The fourth-order valence-corrected chi connectivity index (χ4v) is 11.3. The Hall–Kier alpha value is -6.24. The van der Waals surface area contributed by atoms with Crippen molar-refractivity contribution in [1.29, 1.82) is 0 Å². The minimum Gasteiger partial charge on any atom is -0.508 e. The highest BCUT2D eigenvalue weighted by molar-refractivity contribution is 7.54.